The zero-order chi connectivity index (χ0) is 9.94. The van der Waals surface area contributed by atoms with Crippen LogP contribution in [0.3, 0.4) is 0 Å². The molecule has 0 rings (SSSR count). The van der Waals surface area contributed by atoms with Crippen LogP contribution in [0.5, 0.6) is 0 Å². The Hall–Kier alpha value is -0.240. The van der Waals surface area contributed by atoms with E-state index in [4.69, 9.17) is 20.8 Å². The molecule has 0 heterocycles. The van der Waals surface area contributed by atoms with Crippen molar-refractivity contribution in [2.24, 2.45) is 5.73 Å². The fourth-order valence-electron chi connectivity index (χ4n) is 0.646. The van der Waals surface area contributed by atoms with Gasteiger partial charge in [-0.1, -0.05) is 0 Å². The van der Waals surface area contributed by atoms with Crippen LogP contribution < -0.4 is 16.5 Å². The molecule has 0 saturated carbocycles. The molecule has 0 aliphatic rings. The predicted molar refractivity (Wildman–Crippen MR) is 49.0 cm³/mol. The van der Waals surface area contributed by atoms with Gasteiger partial charge in [0.05, 0.1) is 13.2 Å². The Balaban J connectivity index is 2.91. The predicted octanol–water partition coefficient (Wildman–Crippen LogP) is -2.59. The number of rotatable bonds is 9. The molecule has 0 aromatic carbocycles. The van der Waals surface area contributed by atoms with Crippen molar-refractivity contribution >= 4 is 0 Å². The molecule has 0 bridgehead atoms. The molecule has 0 spiro atoms. The summed E-state index contributed by atoms with van der Waals surface area (Å²) in [6.45, 7) is 2.59. The topological polar surface area (TPSA) is 99.8 Å². The van der Waals surface area contributed by atoms with E-state index in [2.05, 4.69) is 10.8 Å². The zero-order valence-electron chi connectivity index (χ0n) is 7.70. The highest BCUT2D eigenvalue weighted by atomic mass is 16.6. The second kappa shape index (κ2) is 9.85. The van der Waals surface area contributed by atoms with Crippen LogP contribution in [0.25, 0.3) is 0 Å². The summed E-state index contributed by atoms with van der Waals surface area (Å²) in [6.07, 6.45) is -0.815. The van der Waals surface area contributed by atoms with Crippen molar-refractivity contribution in [1.82, 2.24) is 10.8 Å². The van der Waals surface area contributed by atoms with Crippen LogP contribution in [0, 0.1) is 0 Å². The van der Waals surface area contributed by atoms with Gasteiger partial charge in [-0.2, -0.15) is 0 Å². The fourth-order valence-corrected chi connectivity index (χ4v) is 0.646. The molecule has 0 radical (unpaired) electrons. The van der Waals surface area contributed by atoms with Crippen LogP contribution in [-0.4, -0.2) is 55.7 Å². The van der Waals surface area contributed by atoms with E-state index in [0.717, 1.165) is 13.1 Å². The highest BCUT2D eigenvalue weighted by Gasteiger charge is 2.00. The molecule has 6 heteroatoms. The van der Waals surface area contributed by atoms with Gasteiger partial charge in [-0.05, 0) is 0 Å². The van der Waals surface area contributed by atoms with Crippen LogP contribution in [-0.2, 0) is 4.84 Å². The minimum absolute atomic E-state index is 0.0907. The van der Waals surface area contributed by atoms with Crippen molar-refractivity contribution in [3.63, 3.8) is 0 Å². The van der Waals surface area contributed by atoms with Crippen LogP contribution in [0.4, 0.5) is 0 Å². The summed E-state index contributed by atoms with van der Waals surface area (Å²) in [6, 6.07) is 0. The molecule has 80 valence electrons. The van der Waals surface area contributed by atoms with E-state index in [1.165, 1.54) is 0 Å². The highest BCUT2D eigenvalue weighted by Crippen LogP contribution is 1.79. The number of hydrogen-bond donors (Lipinski definition) is 5. The molecule has 0 aromatic heterocycles. The van der Waals surface area contributed by atoms with Gasteiger partial charge in [0.2, 0.25) is 0 Å². The first-order valence-corrected chi connectivity index (χ1v) is 4.35. The summed E-state index contributed by atoms with van der Waals surface area (Å²) in [5.74, 6) is 0. The molecule has 6 nitrogen and oxygen atoms in total. The van der Waals surface area contributed by atoms with Crippen LogP contribution in [0.2, 0.25) is 0 Å². The van der Waals surface area contributed by atoms with Crippen molar-refractivity contribution < 1.29 is 15.1 Å². The highest BCUT2D eigenvalue weighted by molar-refractivity contribution is 4.49. The van der Waals surface area contributed by atoms with E-state index >= 15 is 0 Å². The van der Waals surface area contributed by atoms with E-state index in [1.54, 1.807) is 0 Å². The first-order valence-electron chi connectivity index (χ1n) is 4.35. The summed E-state index contributed by atoms with van der Waals surface area (Å²) in [4.78, 5) is 4.84. The Morgan fingerprint density at radius 3 is 2.69 bits per heavy atom. The van der Waals surface area contributed by atoms with Crippen molar-refractivity contribution in [3.8, 4) is 0 Å². The normalized spacial score (nSPS) is 13.2. The van der Waals surface area contributed by atoms with Gasteiger partial charge in [0.25, 0.3) is 0 Å². The maximum Gasteiger partial charge on any atom is 0.102 e. The molecule has 0 amide bonds. The number of hydrogen-bond acceptors (Lipinski definition) is 6. The smallest absolute Gasteiger partial charge is 0.102 e. The first-order chi connectivity index (χ1) is 6.31. The SMILES string of the molecule is NCCNCCNOCC(O)CO. The molecule has 1 atom stereocenters. The quantitative estimate of drug-likeness (QED) is 0.203. The summed E-state index contributed by atoms with van der Waals surface area (Å²) in [5.41, 5.74) is 7.89. The van der Waals surface area contributed by atoms with Gasteiger partial charge >= 0.3 is 0 Å². The van der Waals surface area contributed by atoms with E-state index in [1.807, 2.05) is 0 Å². The lowest BCUT2D eigenvalue weighted by Crippen LogP contribution is -2.32. The van der Waals surface area contributed by atoms with Gasteiger partial charge in [0.1, 0.15) is 6.10 Å². The Bertz CT molecular complexity index is 105. The second-order valence-corrected chi connectivity index (χ2v) is 2.58. The third kappa shape index (κ3) is 9.68. The largest absolute Gasteiger partial charge is 0.394 e. The Morgan fingerprint density at radius 2 is 2.08 bits per heavy atom. The Labute approximate surface area is 78.0 Å². The Morgan fingerprint density at radius 1 is 1.31 bits per heavy atom. The monoisotopic (exact) mass is 193 g/mol. The van der Waals surface area contributed by atoms with Crippen molar-refractivity contribution in [3.05, 3.63) is 0 Å². The third-order valence-electron chi connectivity index (χ3n) is 1.31. The summed E-state index contributed by atoms with van der Waals surface area (Å²) in [7, 11) is 0. The van der Waals surface area contributed by atoms with Gasteiger partial charge in [-0.3, -0.25) is 4.84 Å². The fraction of sp³-hybridized carbons (Fsp3) is 1.00. The molecular weight excluding hydrogens is 174 g/mol. The van der Waals surface area contributed by atoms with E-state index in [-0.39, 0.29) is 13.2 Å². The number of aliphatic hydroxyl groups is 2. The van der Waals surface area contributed by atoms with Crippen molar-refractivity contribution in [2.45, 2.75) is 6.10 Å². The number of nitrogens with one attached hydrogen (secondary N) is 2. The minimum atomic E-state index is -0.815. The molecule has 0 aliphatic heterocycles. The van der Waals surface area contributed by atoms with Crippen LogP contribution in [0.1, 0.15) is 0 Å². The third-order valence-corrected chi connectivity index (χ3v) is 1.31. The van der Waals surface area contributed by atoms with Crippen LogP contribution in [0.15, 0.2) is 0 Å². The maximum atomic E-state index is 8.85. The van der Waals surface area contributed by atoms with Crippen molar-refractivity contribution in [2.75, 3.05) is 39.4 Å². The van der Waals surface area contributed by atoms with Gasteiger partial charge in [-0.25, -0.2) is 5.48 Å². The van der Waals surface area contributed by atoms with E-state index < -0.39 is 6.10 Å². The lowest BCUT2D eigenvalue weighted by atomic mass is 10.4. The number of aliphatic hydroxyl groups excluding tert-OH is 2. The lowest BCUT2D eigenvalue weighted by Gasteiger charge is -2.09. The molecule has 0 aliphatic carbocycles. The van der Waals surface area contributed by atoms with E-state index in [0.29, 0.717) is 13.1 Å². The number of nitrogens with two attached hydrogens (primary N) is 1. The molecule has 0 saturated heterocycles. The molecule has 13 heavy (non-hydrogen) atoms. The zero-order valence-corrected chi connectivity index (χ0v) is 7.70. The van der Waals surface area contributed by atoms with Gasteiger partial charge < -0.3 is 21.3 Å². The number of hydroxylamine groups is 1. The first kappa shape index (κ1) is 12.8. The Kier molecular flexibility index (Phi) is 9.66. The molecular formula is C7H19N3O3. The van der Waals surface area contributed by atoms with Gasteiger partial charge in [0, 0.05) is 26.2 Å². The van der Waals surface area contributed by atoms with Gasteiger partial charge in [0.15, 0.2) is 0 Å². The summed E-state index contributed by atoms with van der Waals surface area (Å²) < 4.78 is 0. The maximum absolute atomic E-state index is 8.85. The average molecular weight is 193 g/mol. The summed E-state index contributed by atoms with van der Waals surface area (Å²) in [5, 5.41) is 20.3. The molecule has 0 fully saturated rings. The molecule has 6 N–H and O–H groups in total. The van der Waals surface area contributed by atoms with Crippen molar-refractivity contribution in [1.29, 1.82) is 0 Å². The van der Waals surface area contributed by atoms with Gasteiger partial charge in [-0.15, -0.1) is 0 Å². The standard InChI is InChI=1S/C7H19N3O3/c8-1-2-9-3-4-10-13-6-7(12)5-11/h7,9-12H,1-6,8H2. The van der Waals surface area contributed by atoms with Crippen LogP contribution >= 0.6 is 0 Å². The minimum Gasteiger partial charge on any atom is -0.394 e. The molecule has 0 aromatic rings. The second-order valence-electron chi connectivity index (χ2n) is 2.58. The van der Waals surface area contributed by atoms with E-state index in [9.17, 15) is 0 Å². The lowest BCUT2D eigenvalue weighted by molar-refractivity contribution is -0.0363. The average Bonchev–Trinajstić information content (AvgIpc) is 2.16. The molecule has 1 unspecified atom stereocenters. The summed E-state index contributed by atoms with van der Waals surface area (Å²) >= 11 is 0.